The molecule has 0 unspecified atom stereocenters. The number of amides is 1. The van der Waals surface area contributed by atoms with Gasteiger partial charge in [-0.1, -0.05) is 65.0 Å². The fourth-order valence-corrected chi connectivity index (χ4v) is 13.4. The van der Waals surface area contributed by atoms with Gasteiger partial charge in [-0.25, -0.2) is 4.79 Å². The topological polar surface area (TPSA) is 70.5 Å². The predicted molar refractivity (Wildman–Crippen MR) is 193 cm³/mol. The van der Waals surface area contributed by atoms with E-state index in [0.717, 1.165) is 43.4 Å². The summed E-state index contributed by atoms with van der Waals surface area (Å²) in [7, 11) is 1.96. The average molecular weight is 649 g/mol. The lowest BCUT2D eigenvalue weighted by Gasteiger charge is -2.72. The third-order valence-electron chi connectivity index (χ3n) is 15.9. The number of aromatic nitrogens is 1. The van der Waals surface area contributed by atoms with Crippen LogP contribution in [-0.4, -0.2) is 29.0 Å². The summed E-state index contributed by atoms with van der Waals surface area (Å²) in [6.07, 6.45) is 16.1. The zero-order valence-corrected chi connectivity index (χ0v) is 30.3. The van der Waals surface area contributed by atoms with E-state index in [-0.39, 0.29) is 33.0 Å². The number of aromatic carboxylic acids is 1. The minimum Gasteiger partial charge on any atom is -0.478 e. The number of hydrogen-bond acceptors (Lipinski definition) is 3. The van der Waals surface area contributed by atoms with Crippen LogP contribution in [0.25, 0.3) is 5.57 Å². The summed E-state index contributed by atoms with van der Waals surface area (Å²) in [5.41, 5.74) is 5.19. The van der Waals surface area contributed by atoms with Crippen molar-refractivity contribution in [1.82, 2.24) is 4.98 Å². The molecule has 5 nitrogen and oxygen atoms in total. The number of anilines is 1. The zero-order chi connectivity index (χ0) is 34.4. The van der Waals surface area contributed by atoms with Gasteiger partial charge in [0.2, 0.25) is 5.91 Å². The summed E-state index contributed by atoms with van der Waals surface area (Å²) >= 11 is 0. The maximum Gasteiger partial charge on any atom is 0.335 e. The molecule has 1 heterocycles. The molecule has 1 N–H and O–H groups in total. The molecule has 256 valence electrons. The maximum absolute atomic E-state index is 14.8. The first-order chi connectivity index (χ1) is 22.6. The first-order valence-electron chi connectivity index (χ1n) is 18.5. The van der Waals surface area contributed by atoms with E-state index in [4.69, 9.17) is 0 Å². The lowest BCUT2D eigenvalue weighted by Crippen LogP contribution is -2.66. The van der Waals surface area contributed by atoms with Gasteiger partial charge in [0.25, 0.3) is 0 Å². The van der Waals surface area contributed by atoms with Crippen LogP contribution in [0.2, 0.25) is 0 Å². The number of carboxylic acids is 1. The molecule has 48 heavy (non-hydrogen) atoms. The van der Waals surface area contributed by atoms with Crippen molar-refractivity contribution >= 4 is 23.1 Å². The molecule has 1 amide bonds. The number of carbonyl (C=O) groups excluding carboxylic acids is 1. The summed E-state index contributed by atoms with van der Waals surface area (Å²) in [5.74, 6) is 1.79. The number of rotatable bonds is 5. The summed E-state index contributed by atoms with van der Waals surface area (Å²) in [6.45, 7) is 19.5. The van der Waals surface area contributed by atoms with Crippen LogP contribution in [0.1, 0.15) is 115 Å². The molecule has 7 rings (SSSR count). The van der Waals surface area contributed by atoms with Crippen molar-refractivity contribution in [1.29, 1.82) is 0 Å². The van der Waals surface area contributed by atoms with Gasteiger partial charge in [0, 0.05) is 13.2 Å². The van der Waals surface area contributed by atoms with Crippen LogP contribution < -0.4 is 4.90 Å². The summed E-state index contributed by atoms with van der Waals surface area (Å²) < 4.78 is 0. The van der Waals surface area contributed by atoms with Gasteiger partial charge < -0.3 is 10.0 Å². The molecule has 5 heteroatoms. The van der Waals surface area contributed by atoms with E-state index in [2.05, 4.69) is 59.2 Å². The van der Waals surface area contributed by atoms with Gasteiger partial charge in [-0.15, -0.1) is 0 Å². The smallest absolute Gasteiger partial charge is 0.335 e. The van der Waals surface area contributed by atoms with Crippen LogP contribution in [0.15, 0.2) is 67.0 Å². The number of allylic oxidation sites excluding steroid dienone is 3. The number of fused-ring (bicyclic) bond motifs is 7. The van der Waals surface area contributed by atoms with Crippen LogP contribution in [-0.2, 0) is 4.79 Å². The quantitative estimate of drug-likeness (QED) is 0.328. The molecule has 0 aliphatic heterocycles. The fourth-order valence-electron chi connectivity index (χ4n) is 13.4. The molecule has 1 aromatic heterocycles. The number of carboxylic acid groups (broad SMARTS) is 1. The van der Waals surface area contributed by atoms with Crippen LogP contribution in [0.4, 0.5) is 5.69 Å². The normalized spacial score (nSPS) is 39.6. The van der Waals surface area contributed by atoms with Crippen molar-refractivity contribution in [3.8, 4) is 0 Å². The molecule has 5 aliphatic rings. The van der Waals surface area contributed by atoms with Crippen LogP contribution in [0.5, 0.6) is 0 Å². The monoisotopic (exact) mass is 648 g/mol. The van der Waals surface area contributed by atoms with Crippen molar-refractivity contribution in [2.75, 3.05) is 11.9 Å². The van der Waals surface area contributed by atoms with Crippen LogP contribution in [0.3, 0.4) is 0 Å². The van der Waals surface area contributed by atoms with E-state index in [1.165, 1.54) is 36.8 Å². The van der Waals surface area contributed by atoms with Crippen molar-refractivity contribution in [2.24, 2.45) is 56.7 Å². The number of carbonyl (C=O) groups is 2. The van der Waals surface area contributed by atoms with Gasteiger partial charge in [0.15, 0.2) is 0 Å². The Labute approximate surface area is 288 Å². The molecule has 0 bridgehead atoms. The standard InChI is InChI=1S/C43H56N2O3/c1-27(2)31-17-22-43(38(48)45(8)30-10-9-25-44-26-30)24-23-41(6)33(36(31)43)15-16-35-40(5)20-18-32(28-11-13-29(14-12-28)37(46)47)39(3,4)34(40)19-21-42(35,41)7/h9-14,18,25-26,31,33-36H,1,15-17,19-24H2,2-8H3,(H,46,47)/t31-,33+,34-,35+,36+,40-,41+,42+,43-/m0/s1. The Morgan fingerprint density at radius 2 is 1.62 bits per heavy atom. The largest absolute Gasteiger partial charge is 0.478 e. The third kappa shape index (κ3) is 4.44. The fraction of sp³-hybridized carbons (Fsp3) is 0.605. The Bertz CT molecular complexity index is 1660. The van der Waals surface area contributed by atoms with Gasteiger partial charge in [-0.2, -0.15) is 0 Å². The Kier molecular flexibility index (Phi) is 7.74. The number of benzene rings is 1. The van der Waals surface area contributed by atoms with Gasteiger partial charge in [-0.3, -0.25) is 9.78 Å². The molecule has 0 saturated heterocycles. The lowest BCUT2D eigenvalue weighted by atomic mass is 9.32. The second-order valence-electron chi connectivity index (χ2n) is 17.8. The average Bonchev–Trinajstić information content (AvgIpc) is 3.46. The summed E-state index contributed by atoms with van der Waals surface area (Å²) in [5, 5.41) is 9.48. The van der Waals surface area contributed by atoms with Crippen LogP contribution >= 0.6 is 0 Å². The number of pyridine rings is 1. The summed E-state index contributed by atoms with van der Waals surface area (Å²) in [4.78, 5) is 32.5. The van der Waals surface area contributed by atoms with Gasteiger partial charge in [0.1, 0.15) is 0 Å². The first-order valence-corrected chi connectivity index (χ1v) is 18.5. The van der Waals surface area contributed by atoms with E-state index < -0.39 is 5.97 Å². The van der Waals surface area contributed by atoms with Gasteiger partial charge >= 0.3 is 5.97 Å². The Balaban J connectivity index is 1.24. The second-order valence-corrected chi connectivity index (χ2v) is 17.8. The molecular formula is C43H56N2O3. The van der Waals surface area contributed by atoms with E-state index >= 15 is 0 Å². The van der Waals surface area contributed by atoms with Crippen molar-refractivity contribution < 1.29 is 14.7 Å². The highest BCUT2D eigenvalue weighted by atomic mass is 16.4. The second kappa shape index (κ2) is 11.2. The molecule has 5 aliphatic carbocycles. The van der Waals surface area contributed by atoms with E-state index in [1.807, 2.05) is 42.4 Å². The summed E-state index contributed by atoms with van der Waals surface area (Å²) in [6, 6.07) is 11.5. The Hall–Kier alpha value is -3.21. The highest BCUT2D eigenvalue weighted by Crippen LogP contribution is 2.78. The SMILES string of the molecule is C=C(C)[C@@H]1CC[C@]2(C(=O)N(C)c3cccnc3)CC[C@]3(C)[C@H](CC[C@@H]4[C@@]5(C)CC=C(c6ccc(C(=O)O)cc6)C(C)(C)[C@@H]5CC[C@]43C)[C@@H]12. The zero-order valence-electron chi connectivity index (χ0n) is 30.3. The molecule has 4 saturated carbocycles. The lowest BCUT2D eigenvalue weighted by molar-refractivity contribution is -0.224. The molecule has 4 fully saturated rings. The van der Waals surface area contributed by atoms with E-state index in [0.29, 0.717) is 35.2 Å². The highest BCUT2D eigenvalue weighted by molar-refractivity contribution is 5.97. The number of hydrogen-bond donors (Lipinski definition) is 1. The first kappa shape index (κ1) is 33.3. The molecular weight excluding hydrogens is 592 g/mol. The van der Waals surface area contributed by atoms with E-state index in [9.17, 15) is 14.7 Å². The molecule has 2 aromatic rings. The van der Waals surface area contributed by atoms with Crippen molar-refractivity contribution in [3.05, 3.63) is 78.1 Å². The van der Waals surface area contributed by atoms with Crippen molar-refractivity contribution in [2.45, 2.75) is 99.3 Å². The highest BCUT2D eigenvalue weighted by Gasteiger charge is 2.71. The molecule has 0 spiro atoms. The Morgan fingerprint density at radius 3 is 2.27 bits per heavy atom. The minimum absolute atomic E-state index is 0.0155. The van der Waals surface area contributed by atoms with Crippen LogP contribution in [0, 0.1) is 56.7 Å². The molecule has 0 radical (unpaired) electrons. The predicted octanol–water partition coefficient (Wildman–Crippen LogP) is 10.1. The molecule has 1 aromatic carbocycles. The molecule has 9 atom stereocenters. The Morgan fingerprint density at radius 1 is 0.896 bits per heavy atom. The van der Waals surface area contributed by atoms with E-state index in [1.54, 1.807) is 18.3 Å². The number of nitrogens with zero attached hydrogens (tertiary/aromatic N) is 2. The van der Waals surface area contributed by atoms with Gasteiger partial charge in [0.05, 0.1) is 22.9 Å². The van der Waals surface area contributed by atoms with Gasteiger partial charge in [-0.05, 0) is 151 Å². The maximum atomic E-state index is 14.8. The third-order valence-corrected chi connectivity index (χ3v) is 15.9. The minimum atomic E-state index is -0.876. The van der Waals surface area contributed by atoms with Crippen molar-refractivity contribution in [3.63, 3.8) is 0 Å².